The van der Waals surface area contributed by atoms with Gasteiger partial charge in [-0.1, -0.05) is 29.8 Å². The maximum atomic E-state index is 12.7. The predicted molar refractivity (Wildman–Crippen MR) is 100 cm³/mol. The summed E-state index contributed by atoms with van der Waals surface area (Å²) in [7, 11) is 0. The van der Waals surface area contributed by atoms with E-state index in [4.69, 9.17) is 9.47 Å². The Morgan fingerprint density at radius 1 is 1.15 bits per heavy atom. The highest BCUT2D eigenvalue weighted by molar-refractivity contribution is 5.92. The van der Waals surface area contributed by atoms with Crippen LogP contribution in [0.4, 0.5) is 5.82 Å². The highest BCUT2D eigenvalue weighted by atomic mass is 16.7. The van der Waals surface area contributed by atoms with Crippen LogP contribution in [0.2, 0.25) is 0 Å². The molecule has 142 valence electrons. The number of aryl methyl sites for hydroxylation is 1. The molecule has 2 aliphatic rings. The minimum absolute atomic E-state index is 0.0967. The van der Waals surface area contributed by atoms with Crippen LogP contribution < -0.4 is 5.32 Å². The maximum Gasteiger partial charge on any atom is 0.274 e. The van der Waals surface area contributed by atoms with Crippen molar-refractivity contribution in [3.8, 4) is 0 Å². The Balaban J connectivity index is 1.32. The molecule has 2 aliphatic heterocycles. The summed E-state index contributed by atoms with van der Waals surface area (Å²) >= 11 is 0. The summed E-state index contributed by atoms with van der Waals surface area (Å²) in [4.78, 5) is 14.4. The molecule has 1 amide bonds. The number of nitrogens with one attached hydrogen (secondary N) is 1. The van der Waals surface area contributed by atoms with Crippen LogP contribution in [-0.4, -0.2) is 53.1 Å². The van der Waals surface area contributed by atoms with Crippen molar-refractivity contribution in [2.45, 2.75) is 32.1 Å². The molecule has 3 heterocycles. The number of benzene rings is 1. The van der Waals surface area contributed by atoms with Crippen molar-refractivity contribution < 1.29 is 14.3 Å². The van der Waals surface area contributed by atoms with E-state index in [1.165, 1.54) is 11.1 Å². The number of amides is 1. The van der Waals surface area contributed by atoms with Crippen LogP contribution in [0.5, 0.6) is 0 Å². The number of hydrogen-bond donors (Lipinski definition) is 1. The van der Waals surface area contributed by atoms with E-state index in [0.29, 0.717) is 57.2 Å². The predicted octanol–water partition coefficient (Wildman–Crippen LogP) is 2.38. The Labute approximate surface area is 158 Å². The number of rotatable bonds is 4. The molecule has 7 nitrogen and oxygen atoms in total. The summed E-state index contributed by atoms with van der Waals surface area (Å²) in [5.74, 6) is 0.0745. The van der Waals surface area contributed by atoms with Gasteiger partial charge in [0, 0.05) is 32.5 Å². The molecule has 2 saturated heterocycles. The van der Waals surface area contributed by atoms with Gasteiger partial charge in [-0.3, -0.25) is 4.79 Å². The fourth-order valence-electron chi connectivity index (χ4n) is 3.55. The third-order valence-corrected chi connectivity index (χ3v) is 5.07. The van der Waals surface area contributed by atoms with Gasteiger partial charge in [-0.05, 0) is 24.6 Å². The average molecular weight is 368 g/mol. The zero-order valence-electron chi connectivity index (χ0n) is 15.5. The molecule has 0 atom stereocenters. The van der Waals surface area contributed by atoms with Crippen molar-refractivity contribution >= 4 is 11.7 Å². The number of ether oxygens (including phenoxy) is 2. The SMILES string of the molecule is Cc1cccc(CNc2ccc(C(=O)N3CCC4(CC3)OCCO4)nn2)c1. The second-order valence-corrected chi connectivity index (χ2v) is 7.05. The summed E-state index contributed by atoms with van der Waals surface area (Å²) in [6.45, 7) is 5.21. The van der Waals surface area contributed by atoms with Gasteiger partial charge >= 0.3 is 0 Å². The van der Waals surface area contributed by atoms with Crippen molar-refractivity contribution in [1.29, 1.82) is 0 Å². The highest BCUT2D eigenvalue weighted by Gasteiger charge is 2.41. The van der Waals surface area contributed by atoms with Gasteiger partial charge in [0.25, 0.3) is 5.91 Å². The van der Waals surface area contributed by atoms with Crippen molar-refractivity contribution in [3.05, 3.63) is 53.2 Å². The third-order valence-electron chi connectivity index (χ3n) is 5.07. The van der Waals surface area contributed by atoms with Crippen LogP contribution in [0, 0.1) is 6.92 Å². The minimum Gasteiger partial charge on any atom is -0.365 e. The average Bonchev–Trinajstić information content (AvgIpc) is 3.15. The summed E-state index contributed by atoms with van der Waals surface area (Å²) in [5.41, 5.74) is 2.76. The Hall–Kier alpha value is -2.51. The first kappa shape index (κ1) is 17.9. The topological polar surface area (TPSA) is 76.6 Å². The zero-order valence-corrected chi connectivity index (χ0v) is 15.5. The largest absolute Gasteiger partial charge is 0.365 e. The second kappa shape index (κ2) is 7.62. The normalized spacial score (nSPS) is 18.6. The lowest BCUT2D eigenvalue weighted by atomic mass is 10.0. The van der Waals surface area contributed by atoms with Crippen molar-refractivity contribution in [2.75, 3.05) is 31.6 Å². The number of likely N-dealkylation sites (tertiary alicyclic amines) is 1. The van der Waals surface area contributed by atoms with E-state index < -0.39 is 5.79 Å². The lowest BCUT2D eigenvalue weighted by molar-refractivity contribution is -0.181. The Morgan fingerprint density at radius 2 is 1.93 bits per heavy atom. The van der Waals surface area contributed by atoms with Gasteiger partial charge in [0.05, 0.1) is 13.2 Å². The Bertz CT molecular complexity index is 793. The molecule has 2 aromatic rings. The molecule has 27 heavy (non-hydrogen) atoms. The Kier molecular flexibility index (Phi) is 5.05. The van der Waals surface area contributed by atoms with Gasteiger partial charge < -0.3 is 19.7 Å². The number of piperidine rings is 1. The van der Waals surface area contributed by atoms with Gasteiger partial charge in [0.15, 0.2) is 11.5 Å². The van der Waals surface area contributed by atoms with Gasteiger partial charge in [-0.2, -0.15) is 0 Å². The van der Waals surface area contributed by atoms with Crippen LogP contribution in [0.3, 0.4) is 0 Å². The standard InChI is InChI=1S/C20H24N4O3/c1-15-3-2-4-16(13-15)14-21-18-6-5-17(22-23-18)19(25)24-9-7-20(8-10-24)26-11-12-27-20/h2-6,13H,7-12,14H2,1H3,(H,21,23). The maximum absolute atomic E-state index is 12.7. The Morgan fingerprint density at radius 3 is 2.59 bits per heavy atom. The number of carbonyl (C=O) groups is 1. The number of anilines is 1. The van der Waals surface area contributed by atoms with Crippen molar-refractivity contribution in [3.63, 3.8) is 0 Å². The second-order valence-electron chi connectivity index (χ2n) is 7.05. The number of aromatic nitrogens is 2. The first-order valence-electron chi connectivity index (χ1n) is 9.34. The molecule has 1 spiro atoms. The number of carbonyl (C=O) groups excluding carboxylic acids is 1. The van der Waals surface area contributed by atoms with Crippen LogP contribution in [-0.2, 0) is 16.0 Å². The molecule has 7 heteroatoms. The van der Waals surface area contributed by atoms with Gasteiger partial charge in [0.1, 0.15) is 5.82 Å². The van der Waals surface area contributed by atoms with E-state index in [1.54, 1.807) is 17.0 Å². The number of nitrogens with zero attached hydrogens (tertiary/aromatic N) is 3. The monoisotopic (exact) mass is 368 g/mol. The molecule has 0 unspecified atom stereocenters. The minimum atomic E-state index is -0.480. The van der Waals surface area contributed by atoms with E-state index in [-0.39, 0.29) is 5.91 Å². The summed E-state index contributed by atoms with van der Waals surface area (Å²) < 4.78 is 11.4. The van der Waals surface area contributed by atoms with E-state index in [0.717, 1.165) is 0 Å². The van der Waals surface area contributed by atoms with E-state index in [1.807, 2.05) is 6.07 Å². The molecule has 4 rings (SSSR count). The molecular weight excluding hydrogens is 344 g/mol. The van der Waals surface area contributed by atoms with Crippen LogP contribution >= 0.6 is 0 Å². The molecule has 2 fully saturated rings. The zero-order chi connectivity index (χ0) is 18.7. The van der Waals surface area contributed by atoms with E-state index in [9.17, 15) is 4.79 Å². The molecule has 1 aromatic carbocycles. The first-order valence-corrected chi connectivity index (χ1v) is 9.34. The van der Waals surface area contributed by atoms with Crippen molar-refractivity contribution in [1.82, 2.24) is 15.1 Å². The van der Waals surface area contributed by atoms with Crippen LogP contribution in [0.1, 0.15) is 34.5 Å². The third kappa shape index (κ3) is 4.09. The summed E-state index contributed by atoms with van der Waals surface area (Å²) in [6.07, 6.45) is 1.39. The lowest BCUT2D eigenvalue weighted by Crippen LogP contribution is -2.47. The van der Waals surface area contributed by atoms with Crippen LogP contribution in [0.25, 0.3) is 0 Å². The van der Waals surface area contributed by atoms with Gasteiger partial charge in [-0.25, -0.2) is 0 Å². The molecule has 0 saturated carbocycles. The fraction of sp³-hybridized carbons (Fsp3) is 0.450. The number of hydrogen-bond acceptors (Lipinski definition) is 6. The smallest absolute Gasteiger partial charge is 0.274 e. The van der Waals surface area contributed by atoms with Gasteiger partial charge in [0.2, 0.25) is 0 Å². The van der Waals surface area contributed by atoms with E-state index in [2.05, 4.69) is 40.6 Å². The highest BCUT2D eigenvalue weighted by Crippen LogP contribution is 2.31. The summed E-state index contributed by atoms with van der Waals surface area (Å²) in [6, 6.07) is 11.8. The quantitative estimate of drug-likeness (QED) is 0.893. The molecule has 0 radical (unpaired) electrons. The van der Waals surface area contributed by atoms with Gasteiger partial charge in [-0.15, -0.1) is 10.2 Å². The molecule has 0 bridgehead atoms. The van der Waals surface area contributed by atoms with Crippen molar-refractivity contribution in [2.24, 2.45) is 0 Å². The lowest BCUT2D eigenvalue weighted by Gasteiger charge is -2.37. The molecule has 1 aromatic heterocycles. The fourth-order valence-corrected chi connectivity index (χ4v) is 3.55. The van der Waals surface area contributed by atoms with Crippen LogP contribution in [0.15, 0.2) is 36.4 Å². The first-order chi connectivity index (χ1) is 13.1. The molecule has 1 N–H and O–H groups in total. The van der Waals surface area contributed by atoms with E-state index >= 15 is 0 Å². The molecule has 0 aliphatic carbocycles. The molecular formula is C20H24N4O3. The summed E-state index contributed by atoms with van der Waals surface area (Å²) in [5, 5.41) is 11.5.